The van der Waals surface area contributed by atoms with Gasteiger partial charge >= 0.3 is 5.97 Å². The van der Waals surface area contributed by atoms with E-state index in [1.807, 2.05) is 13.0 Å². The van der Waals surface area contributed by atoms with Crippen molar-refractivity contribution >= 4 is 34.5 Å². The van der Waals surface area contributed by atoms with E-state index in [1.54, 1.807) is 62.6 Å². The number of thioether (sulfide) groups is 1. The molecule has 8 heteroatoms. The van der Waals surface area contributed by atoms with Crippen LogP contribution in [0.25, 0.3) is 6.08 Å². The molecule has 1 N–H and O–H groups in total. The first-order valence-electron chi connectivity index (χ1n) is 10.7. The van der Waals surface area contributed by atoms with E-state index in [0.717, 1.165) is 11.3 Å². The molecule has 178 valence electrons. The number of hydrogen-bond donors (Lipinski definition) is 1. The summed E-state index contributed by atoms with van der Waals surface area (Å²) in [5, 5.41) is 11.2. The van der Waals surface area contributed by atoms with Gasteiger partial charge in [0.15, 0.2) is 11.5 Å². The van der Waals surface area contributed by atoms with Crippen molar-refractivity contribution in [1.82, 2.24) is 0 Å². The summed E-state index contributed by atoms with van der Waals surface area (Å²) < 4.78 is 21.6. The minimum absolute atomic E-state index is 0.0323. The average Bonchev–Trinajstić information content (AvgIpc) is 3.14. The van der Waals surface area contributed by atoms with Gasteiger partial charge in [-0.25, -0.2) is 9.79 Å². The molecular weight excluding hydrogens is 454 g/mol. The molecular formula is C26H27NO6S. The Labute approximate surface area is 203 Å². The fourth-order valence-corrected chi connectivity index (χ4v) is 4.12. The van der Waals surface area contributed by atoms with Crippen LogP contribution in [0.4, 0.5) is 5.69 Å². The molecule has 0 atom stereocenters. The van der Waals surface area contributed by atoms with Crippen molar-refractivity contribution in [1.29, 1.82) is 0 Å². The van der Waals surface area contributed by atoms with Gasteiger partial charge in [-0.05, 0) is 61.9 Å². The van der Waals surface area contributed by atoms with E-state index in [1.165, 1.54) is 11.8 Å². The number of aliphatic imine (C=N–C) groups is 1. The maximum atomic E-state index is 12.6. The Morgan fingerprint density at radius 2 is 1.85 bits per heavy atom. The molecule has 2 aromatic carbocycles. The van der Waals surface area contributed by atoms with E-state index in [0.29, 0.717) is 40.3 Å². The van der Waals surface area contributed by atoms with E-state index < -0.39 is 5.97 Å². The van der Waals surface area contributed by atoms with E-state index in [2.05, 4.69) is 11.6 Å². The fourth-order valence-electron chi connectivity index (χ4n) is 3.09. The number of carbonyl (C=O) groups excluding carboxylic acids is 1. The Balaban J connectivity index is 1.96. The summed E-state index contributed by atoms with van der Waals surface area (Å²) >= 11 is 1.19. The van der Waals surface area contributed by atoms with E-state index in [9.17, 15) is 9.90 Å². The third-order valence-electron chi connectivity index (χ3n) is 4.59. The molecule has 0 radical (unpaired) electrons. The van der Waals surface area contributed by atoms with Crippen LogP contribution in [-0.2, 0) is 9.53 Å². The molecule has 0 aromatic heterocycles. The summed E-state index contributed by atoms with van der Waals surface area (Å²) in [5.41, 5.74) is 1.40. The summed E-state index contributed by atoms with van der Waals surface area (Å²) in [7, 11) is 1.55. The van der Waals surface area contributed by atoms with Crippen molar-refractivity contribution < 1.29 is 28.8 Å². The maximum absolute atomic E-state index is 12.6. The second-order valence-corrected chi connectivity index (χ2v) is 7.94. The predicted molar refractivity (Wildman–Crippen MR) is 135 cm³/mol. The first kappa shape index (κ1) is 25.0. The van der Waals surface area contributed by atoms with Gasteiger partial charge in [-0.1, -0.05) is 30.5 Å². The molecule has 1 heterocycles. The molecule has 1 aliphatic heterocycles. The number of aliphatic hydroxyl groups is 1. The Bertz CT molecular complexity index is 1130. The van der Waals surface area contributed by atoms with Crippen molar-refractivity contribution in [2.75, 3.05) is 26.9 Å². The number of ether oxygens (including phenoxy) is 4. The maximum Gasteiger partial charge on any atom is 0.344 e. The minimum atomic E-state index is -0.633. The zero-order valence-electron chi connectivity index (χ0n) is 19.4. The number of nitrogens with zero attached hydrogens (tertiary/aromatic N) is 1. The van der Waals surface area contributed by atoms with E-state index >= 15 is 0 Å². The molecule has 0 saturated carbocycles. The number of rotatable bonds is 10. The van der Waals surface area contributed by atoms with Crippen molar-refractivity contribution in [2.45, 2.75) is 13.8 Å². The van der Waals surface area contributed by atoms with Crippen LogP contribution in [0.5, 0.6) is 17.2 Å². The molecule has 0 amide bonds. The molecule has 7 nitrogen and oxygen atoms in total. The van der Waals surface area contributed by atoms with Crippen molar-refractivity contribution in [2.24, 2.45) is 4.99 Å². The smallest absolute Gasteiger partial charge is 0.344 e. The molecule has 3 rings (SSSR count). The van der Waals surface area contributed by atoms with Gasteiger partial charge in [0.25, 0.3) is 0 Å². The van der Waals surface area contributed by atoms with Crippen LogP contribution in [0.3, 0.4) is 0 Å². The lowest BCUT2D eigenvalue weighted by Crippen LogP contribution is -2.12. The van der Waals surface area contributed by atoms with Crippen LogP contribution in [0.1, 0.15) is 19.4 Å². The van der Waals surface area contributed by atoms with Gasteiger partial charge in [0.2, 0.25) is 0 Å². The summed E-state index contributed by atoms with van der Waals surface area (Å²) in [4.78, 5) is 17.7. The zero-order valence-corrected chi connectivity index (χ0v) is 20.2. The monoisotopic (exact) mass is 481 g/mol. The van der Waals surface area contributed by atoms with Crippen molar-refractivity contribution in [3.05, 3.63) is 76.9 Å². The summed E-state index contributed by atoms with van der Waals surface area (Å²) in [5.74, 6) is 1.03. The number of hydrogen-bond acceptors (Lipinski definition) is 8. The quantitative estimate of drug-likeness (QED) is 0.336. The Morgan fingerprint density at radius 1 is 1.09 bits per heavy atom. The zero-order chi connectivity index (χ0) is 24.5. The van der Waals surface area contributed by atoms with Crippen molar-refractivity contribution in [3.63, 3.8) is 0 Å². The highest BCUT2D eigenvalue weighted by atomic mass is 32.2. The summed E-state index contributed by atoms with van der Waals surface area (Å²) in [6.07, 6.45) is 3.40. The van der Waals surface area contributed by atoms with Crippen molar-refractivity contribution in [3.8, 4) is 17.2 Å². The molecule has 0 unspecified atom stereocenters. The third kappa shape index (κ3) is 6.02. The van der Waals surface area contributed by atoms with Crippen LogP contribution in [0, 0.1) is 0 Å². The number of methoxy groups -OCH3 is 1. The Hall–Kier alpha value is -3.65. The molecule has 2 aromatic rings. The molecule has 1 aliphatic rings. The van der Waals surface area contributed by atoms with Gasteiger partial charge < -0.3 is 24.1 Å². The van der Waals surface area contributed by atoms with E-state index in [4.69, 9.17) is 18.9 Å². The molecule has 0 fully saturated rings. The summed E-state index contributed by atoms with van der Waals surface area (Å²) in [6.45, 7) is 8.36. The second kappa shape index (κ2) is 12.0. The fraction of sp³-hybridized carbons (Fsp3) is 0.231. The largest absolute Gasteiger partial charge is 0.506 e. The lowest BCUT2D eigenvalue weighted by Gasteiger charge is -2.10. The Morgan fingerprint density at radius 3 is 2.50 bits per heavy atom. The van der Waals surface area contributed by atoms with Gasteiger partial charge in [-0.2, -0.15) is 0 Å². The highest BCUT2D eigenvalue weighted by Crippen LogP contribution is 2.41. The molecule has 0 aliphatic carbocycles. The molecule has 34 heavy (non-hydrogen) atoms. The van der Waals surface area contributed by atoms with Gasteiger partial charge in [0.1, 0.15) is 28.7 Å². The van der Waals surface area contributed by atoms with Gasteiger partial charge in [0, 0.05) is 0 Å². The Kier molecular flexibility index (Phi) is 8.81. The van der Waals surface area contributed by atoms with Crippen LogP contribution < -0.4 is 14.2 Å². The van der Waals surface area contributed by atoms with Gasteiger partial charge in [-0.15, -0.1) is 0 Å². The van der Waals surface area contributed by atoms with Crippen LogP contribution in [0.2, 0.25) is 0 Å². The number of carbonyl (C=O) groups is 1. The van der Waals surface area contributed by atoms with Gasteiger partial charge in [0.05, 0.1) is 30.9 Å². The first-order chi connectivity index (χ1) is 16.5. The van der Waals surface area contributed by atoms with Crippen LogP contribution >= 0.6 is 11.8 Å². The number of benzene rings is 2. The highest BCUT2D eigenvalue weighted by Gasteiger charge is 2.33. The summed E-state index contributed by atoms with van der Waals surface area (Å²) in [6, 6.07) is 12.6. The van der Waals surface area contributed by atoms with Gasteiger partial charge in [-0.3, -0.25) is 0 Å². The number of esters is 1. The third-order valence-corrected chi connectivity index (χ3v) is 5.61. The SMILES string of the molecule is C=CCOc1ccc(C=C2SC(=Nc3ccc(OCC)cc3)C(C(=O)OCC)=C2O)cc1OC. The van der Waals surface area contributed by atoms with E-state index in [-0.39, 0.29) is 17.9 Å². The highest BCUT2D eigenvalue weighted by molar-refractivity contribution is 8.18. The topological polar surface area (TPSA) is 86.6 Å². The lowest BCUT2D eigenvalue weighted by molar-refractivity contribution is -0.138. The standard InChI is InChI=1S/C26H27NO6S/c1-5-14-33-20-13-8-17(15-21(20)30-4)16-22-24(28)23(26(29)32-7-3)25(34-22)27-18-9-11-19(12-10-18)31-6-2/h5,8-13,15-16,28H,1,6-7,14H2,2-4H3. The minimum Gasteiger partial charge on any atom is -0.506 e. The molecule has 0 saturated heterocycles. The molecule has 0 spiro atoms. The predicted octanol–water partition coefficient (Wildman–Crippen LogP) is 5.85. The average molecular weight is 482 g/mol. The first-order valence-corrected chi connectivity index (χ1v) is 11.6. The lowest BCUT2D eigenvalue weighted by atomic mass is 10.1. The number of aliphatic hydroxyl groups excluding tert-OH is 1. The normalized spacial score (nSPS) is 15.5. The molecule has 0 bridgehead atoms. The van der Waals surface area contributed by atoms with Crippen LogP contribution in [0.15, 0.2) is 76.3 Å². The second-order valence-electron chi connectivity index (χ2n) is 6.91. The van der Waals surface area contributed by atoms with Crippen LogP contribution in [-0.4, -0.2) is 43.0 Å².